The number of amides is 1. The van der Waals surface area contributed by atoms with Crippen LogP contribution in [0, 0.1) is 11.8 Å². The average molecular weight is 283 g/mol. The minimum atomic E-state index is -0.318. The maximum Gasteiger partial charge on any atom is 0.293 e. The van der Waals surface area contributed by atoms with Crippen molar-refractivity contribution >= 4 is 18.2 Å². The number of nitrogens with one attached hydrogen (secondary N) is 1. The zero-order valence-corrected chi connectivity index (χ0v) is 12.6. The van der Waals surface area contributed by atoms with E-state index in [4.69, 9.17) is 0 Å². The van der Waals surface area contributed by atoms with Gasteiger partial charge in [-0.25, -0.2) is 0 Å². The lowest BCUT2D eigenvalue weighted by atomic mass is 9.90. The molecule has 2 fully saturated rings. The first kappa shape index (κ1) is 16.7. The first-order chi connectivity index (χ1) is 9.35. The van der Waals surface area contributed by atoms with Crippen molar-refractivity contribution in [2.45, 2.75) is 58.5 Å². The van der Waals surface area contributed by atoms with E-state index in [0.29, 0.717) is 19.4 Å². The van der Waals surface area contributed by atoms with Crippen molar-refractivity contribution in [3.05, 3.63) is 0 Å². The fraction of sp³-hybridized carbons (Fsp3) is 0.800. The summed E-state index contributed by atoms with van der Waals surface area (Å²) in [5.74, 6) is 0.0290. The smallest absolute Gasteiger partial charge is 0.293 e. The SMILES string of the molecule is CC(C)(C)OC=O.O=C1NCCC1C(=O)C1CCCC1. The summed E-state index contributed by atoms with van der Waals surface area (Å²) in [4.78, 5) is 32.6. The first-order valence-electron chi connectivity index (χ1n) is 7.28. The molecule has 0 radical (unpaired) electrons. The molecular weight excluding hydrogens is 258 g/mol. The molecule has 1 aliphatic carbocycles. The summed E-state index contributed by atoms with van der Waals surface area (Å²) in [5.41, 5.74) is -0.318. The van der Waals surface area contributed by atoms with Crippen LogP contribution in [0.2, 0.25) is 0 Å². The zero-order chi connectivity index (χ0) is 15.2. The van der Waals surface area contributed by atoms with Gasteiger partial charge in [0, 0.05) is 12.5 Å². The van der Waals surface area contributed by atoms with Gasteiger partial charge in [-0.1, -0.05) is 12.8 Å². The number of carbonyl (C=O) groups is 3. The maximum atomic E-state index is 11.8. The molecule has 20 heavy (non-hydrogen) atoms. The van der Waals surface area contributed by atoms with Gasteiger partial charge in [-0.15, -0.1) is 0 Å². The van der Waals surface area contributed by atoms with Gasteiger partial charge < -0.3 is 10.1 Å². The standard InChI is InChI=1S/C10H15NO2.C5H10O2/c12-9(7-3-1-2-4-7)8-5-6-11-10(8)13;1-5(2,3)7-4-6/h7-8H,1-6H2,(H,11,13);4H,1-3H3. The Morgan fingerprint density at radius 1 is 1.25 bits per heavy atom. The number of ketones is 1. The van der Waals surface area contributed by atoms with E-state index < -0.39 is 0 Å². The topological polar surface area (TPSA) is 72.5 Å². The van der Waals surface area contributed by atoms with Crippen molar-refractivity contribution in [1.82, 2.24) is 5.32 Å². The van der Waals surface area contributed by atoms with Crippen molar-refractivity contribution in [1.29, 1.82) is 0 Å². The molecule has 0 bridgehead atoms. The maximum absolute atomic E-state index is 11.8. The van der Waals surface area contributed by atoms with Gasteiger partial charge in [0.1, 0.15) is 11.4 Å². The van der Waals surface area contributed by atoms with E-state index in [2.05, 4.69) is 10.1 Å². The Labute approximate surface area is 120 Å². The number of rotatable bonds is 3. The Morgan fingerprint density at radius 3 is 2.20 bits per heavy atom. The second kappa shape index (κ2) is 7.41. The molecular formula is C15H25NO4. The molecule has 1 unspecified atom stereocenters. The fourth-order valence-electron chi connectivity index (χ4n) is 2.50. The van der Waals surface area contributed by atoms with Crippen molar-refractivity contribution in [3.8, 4) is 0 Å². The molecule has 5 nitrogen and oxygen atoms in total. The monoisotopic (exact) mass is 283 g/mol. The molecule has 114 valence electrons. The Morgan fingerprint density at radius 2 is 1.85 bits per heavy atom. The third kappa shape index (κ3) is 5.31. The average Bonchev–Trinajstić information content (AvgIpc) is 2.98. The van der Waals surface area contributed by atoms with E-state index in [0.717, 1.165) is 25.7 Å². The lowest BCUT2D eigenvalue weighted by Gasteiger charge is -2.14. The quantitative estimate of drug-likeness (QED) is 0.633. The van der Waals surface area contributed by atoms with Crippen LogP contribution in [0.3, 0.4) is 0 Å². The molecule has 1 saturated heterocycles. The number of hydrogen-bond donors (Lipinski definition) is 1. The largest absolute Gasteiger partial charge is 0.462 e. The Balaban J connectivity index is 0.000000246. The Kier molecular flexibility index (Phi) is 6.17. The molecule has 0 aromatic carbocycles. The summed E-state index contributed by atoms with van der Waals surface area (Å²) in [6.07, 6.45) is 5.04. The fourth-order valence-corrected chi connectivity index (χ4v) is 2.50. The summed E-state index contributed by atoms with van der Waals surface area (Å²) in [5, 5.41) is 2.71. The van der Waals surface area contributed by atoms with E-state index in [9.17, 15) is 14.4 Å². The molecule has 1 atom stereocenters. The predicted molar refractivity (Wildman–Crippen MR) is 75.0 cm³/mol. The number of Topliss-reactive ketones (excluding diaryl/α,β-unsaturated/α-hetero) is 1. The van der Waals surface area contributed by atoms with Crippen LogP contribution in [0.4, 0.5) is 0 Å². The van der Waals surface area contributed by atoms with Crippen LogP contribution in [0.25, 0.3) is 0 Å². The molecule has 0 aromatic heterocycles. The lowest BCUT2D eigenvalue weighted by molar-refractivity contribution is -0.139. The molecule has 1 heterocycles. The van der Waals surface area contributed by atoms with Crippen LogP contribution >= 0.6 is 0 Å². The Hall–Kier alpha value is -1.39. The molecule has 0 aromatic rings. The van der Waals surface area contributed by atoms with Crippen molar-refractivity contribution in [2.75, 3.05) is 6.54 Å². The van der Waals surface area contributed by atoms with E-state index in [1.165, 1.54) is 0 Å². The highest BCUT2D eigenvalue weighted by molar-refractivity contribution is 6.03. The van der Waals surface area contributed by atoms with Crippen LogP contribution in [0.5, 0.6) is 0 Å². The molecule has 1 N–H and O–H groups in total. The summed E-state index contributed by atoms with van der Waals surface area (Å²) in [7, 11) is 0. The number of carbonyl (C=O) groups excluding carboxylic acids is 3. The van der Waals surface area contributed by atoms with Crippen molar-refractivity contribution in [2.24, 2.45) is 11.8 Å². The van der Waals surface area contributed by atoms with Crippen molar-refractivity contribution in [3.63, 3.8) is 0 Å². The predicted octanol–water partition coefficient (Wildman–Crippen LogP) is 1.84. The van der Waals surface area contributed by atoms with E-state index in [1.54, 1.807) is 0 Å². The van der Waals surface area contributed by atoms with Gasteiger partial charge in [0.15, 0.2) is 0 Å². The molecule has 1 aliphatic heterocycles. The highest BCUT2D eigenvalue weighted by Gasteiger charge is 2.36. The van der Waals surface area contributed by atoms with Crippen molar-refractivity contribution < 1.29 is 19.1 Å². The Bertz CT molecular complexity index is 353. The van der Waals surface area contributed by atoms with Gasteiger partial charge in [0.05, 0.1) is 5.92 Å². The van der Waals surface area contributed by atoms with Crippen LogP contribution in [0.1, 0.15) is 52.9 Å². The zero-order valence-electron chi connectivity index (χ0n) is 12.6. The van der Waals surface area contributed by atoms with E-state index in [1.807, 2.05) is 20.8 Å². The molecule has 2 rings (SSSR count). The van der Waals surface area contributed by atoms with Crippen LogP contribution in [-0.4, -0.2) is 30.3 Å². The van der Waals surface area contributed by atoms with Crippen LogP contribution in [-0.2, 0) is 19.1 Å². The molecule has 2 aliphatic rings. The minimum Gasteiger partial charge on any atom is -0.462 e. The number of hydrogen-bond acceptors (Lipinski definition) is 4. The number of ether oxygens (including phenoxy) is 1. The van der Waals surface area contributed by atoms with E-state index >= 15 is 0 Å². The third-order valence-corrected chi connectivity index (χ3v) is 3.55. The lowest BCUT2D eigenvalue weighted by Crippen LogP contribution is -2.29. The van der Waals surface area contributed by atoms with Gasteiger partial charge >= 0.3 is 0 Å². The highest BCUT2D eigenvalue weighted by atomic mass is 16.5. The van der Waals surface area contributed by atoms with Gasteiger partial charge in [0.25, 0.3) is 6.47 Å². The summed E-state index contributed by atoms with van der Waals surface area (Å²) < 4.78 is 4.55. The summed E-state index contributed by atoms with van der Waals surface area (Å²) in [6.45, 7) is 6.60. The molecule has 0 spiro atoms. The molecule has 5 heteroatoms. The van der Waals surface area contributed by atoms with Gasteiger partial charge in [-0.2, -0.15) is 0 Å². The molecule has 1 amide bonds. The van der Waals surface area contributed by atoms with Crippen LogP contribution < -0.4 is 5.32 Å². The minimum absolute atomic E-state index is 0.0445. The van der Waals surface area contributed by atoms with E-state index in [-0.39, 0.29) is 29.1 Å². The normalized spacial score (nSPS) is 22.8. The van der Waals surface area contributed by atoms with Gasteiger partial charge in [-0.3, -0.25) is 14.4 Å². The molecule has 1 saturated carbocycles. The summed E-state index contributed by atoms with van der Waals surface area (Å²) >= 11 is 0. The third-order valence-electron chi connectivity index (χ3n) is 3.55. The first-order valence-corrected chi connectivity index (χ1v) is 7.28. The highest BCUT2D eigenvalue weighted by Crippen LogP contribution is 2.29. The van der Waals surface area contributed by atoms with Gasteiger partial charge in [0.2, 0.25) is 5.91 Å². The van der Waals surface area contributed by atoms with Crippen LogP contribution in [0.15, 0.2) is 0 Å². The summed E-state index contributed by atoms with van der Waals surface area (Å²) in [6, 6.07) is 0. The second-order valence-corrected chi connectivity index (χ2v) is 6.34. The van der Waals surface area contributed by atoms with Gasteiger partial charge in [-0.05, 0) is 40.0 Å². The second-order valence-electron chi connectivity index (χ2n) is 6.34.